The number of ether oxygens (including phenoxy) is 4. The molecule has 0 atom stereocenters. The molecule has 0 aliphatic heterocycles. The molecule has 1 N–H and O–H groups in total. The van der Waals surface area contributed by atoms with Crippen LogP contribution in [0.25, 0.3) is 0 Å². The van der Waals surface area contributed by atoms with Gasteiger partial charge in [-0.15, -0.1) is 0 Å². The number of nitrogens with one attached hydrogen (secondary N) is 1. The smallest absolute Gasteiger partial charge is 0.271 e. The van der Waals surface area contributed by atoms with Gasteiger partial charge in [-0.2, -0.15) is 5.10 Å². The summed E-state index contributed by atoms with van der Waals surface area (Å²) in [7, 11) is 3.12. The molecule has 0 aromatic heterocycles. The maximum atomic E-state index is 12.5. The lowest BCUT2D eigenvalue weighted by molar-refractivity contribution is 0.0954. The number of halogens is 2. The number of hydrogen-bond acceptors (Lipinski definition) is 6. The number of rotatable bonds is 10. The van der Waals surface area contributed by atoms with Crippen LogP contribution in [0.2, 0.25) is 5.02 Å². The molecule has 0 radical (unpaired) electrons. The molecule has 9 heteroatoms. The Morgan fingerprint density at radius 2 is 1.74 bits per heavy atom. The summed E-state index contributed by atoms with van der Waals surface area (Å²) in [5.74, 6) is 1.87. The van der Waals surface area contributed by atoms with Gasteiger partial charge in [-0.1, -0.05) is 23.7 Å². The summed E-state index contributed by atoms with van der Waals surface area (Å²) in [6.07, 6.45) is 1.54. The highest BCUT2D eigenvalue weighted by Gasteiger charge is 2.13. The molecular weight excluding hydrogens is 571 g/mol. The zero-order valence-electron chi connectivity index (χ0n) is 18.9. The highest BCUT2D eigenvalue weighted by Crippen LogP contribution is 2.34. The van der Waals surface area contributed by atoms with Crippen molar-refractivity contribution in [2.75, 3.05) is 20.8 Å². The third-order valence-corrected chi connectivity index (χ3v) is 5.71. The Morgan fingerprint density at radius 3 is 2.41 bits per heavy atom. The van der Waals surface area contributed by atoms with Crippen molar-refractivity contribution in [2.24, 2.45) is 5.10 Å². The van der Waals surface area contributed by atoms with E-state index in [1.54, 1.807) is 44.7 Å². The van der Waals surface area contributed by atoms with Crippen molar-refractivity contribution < 1.29 is 23.7 Å². The second kappa shape index (κ2) is 12.5. The molecule has 0 fully saturated rings. The van der Waals surface area contributed by atoms with Crippen LogP contribution in [0.1, 0.15) is 28.4 Å². The maximum Gasteiger partial charge on any atom is 0.271 e. The molecule has 1 amide bonds. The molecule has 0 spiro atoms. The number of hydrogen-bond donors (Lipinski definition) is 1. The van der Waals surface area contributed by atoms with E-state index in [9.17, 15) is 4.79 Å². The van der Waals surface area contributed by atoms with Gasteiger partial charge in [-0.05, 0) is 83.1 Å². The minimum absolute atomic E-state index is 0.371. The molecule has 0 heterocycles. The first-order valence-electron chi connectivity index (χ1n) is 10.3. The summed E-state index contributed by atoms with van der Waals surface area (Å²) in [4.78, 5) is 12.5. The lowest BCUT2D eigenvalue weighted by Gasteiger charge is -2.13. The summed E-state index contributed by atoms with van der Waals surface area (Å²) < 4.78 is 23.1. The van der Waals surface area contributed by atoms with E-state index < -0.39 is 0 Å². The highest BCUT2D eigenvalue weighted by molar-refractivity contribution is 14.1. The van der Waals surface area contributed by atoms with Gasteiger partial charge in [0.15, 0.2) is 23.0 Å². The van der Waals surface area contributed by atoms with Gasteiger partial charge < -0.3 is 18.9 Å². The van der Waals surface area contributed by atoms with Gasteiger partial charge in [0.25, 0.3) is 5.91 Å². The SMILES string of the molecule is CCOc1cc(C(=O)N/N=C/c2cc(I)c(OCc3ccc(Cl)cc3)c(OC)c2)ccc1OC. The lowest BCUT2D eigenvalue weighted by atomic mass is 10.2. The number of amides is 1. The predicted octanol–water partition coefficient (Wildman–Crippen LogP) is 5.70. The molecule has 3 aromatic carbocycles. The number of benzene rings is 3. The standard InChI is InChI=1S/C25H24ClIN2O5/c1-4-33-22-13-18(7-10-21(22)31-2)25(30)29-28-14-17-11-20(27)24(23(12-17)32-3)34-15-16-5-8-19(26)9-6-16/h5-14H,4,15H2,1-3H3,(H,29,30)/b28-14+. The molecule has 0 aliphatic rings. The molecule has 0 saturated carbocycles. The minimum Gasteiger partial charge on any atom is -0.493 e. The summed E-state index contributed by atoms with van der Waals surface area (Å²) >= 11 is 8.11. The number of nitrogens with zero attached hydrogens (tertiary/aromatic N) is 1. The first kappa shape index (κ1) is 25.6. The molecule has 0 saturated heterocycles. The van der Waals surface area contributed by atoms with Crippen molar-refractivity contribution in [3.63, 3.8) is 0 Å². The Kier molecular flexibility index (Phi) is 9.41. The zero-order valence-corrected chi connectivity index (χ0v) is 21.8. The summed E-state index contributed by atoms with van der Waals surface area (Å²) in [5.41, 5.74) is 4.66. The first-order chi connectivity index (χ1) is 16.4. The van der Waals surface area contributed by atoms with Gasteiger partial charge in [-0.25, -0.2) is 5.43 Å². The largest absolute Gasteiger partial charge is 0.493 e. The van der Waals surface area contributed by atoms with Crippen LogP contribution in [0.4, 0.5) is 0 Å². The van der Waals surface area contributed by atoms with Gasteiger partial charge >= 0.3 is 0 Å². The predicted molar refractivity (Wildman–Crippen MR) is 141 cm³/mol. The van der Waals surface area contributed by atoms with E-state index in [1.165, 1.54) is 0 Å². The van der Waals surface area contributed by atoms with E-state index in [0.29, 0.717) is 46.8 Å². The first-order valence-corrected chi connectivity index (χ1v) is 11.8. The summed E-state index contributed by atoms with van der Waals surface area (Å²) in [6.45, 7) is 2.69. The molecular formula is C25H24ClIN2O5. The second-order valence-electron chi connectivity index (χ2n) is 6.95. The normalized spacial score (nSPS) is 10.7. The summed E-state index contributed by atoms with van der Waals surface area (Å²) in [6, 6.07) is 16.1. The molecule has 0 unspecified atom stereocenters. The van der Waals surface area contributed by atoms with Gasteiger partial charge in [0.2, 0.25) is 0 Å². The van der Waals surface area contributed by atoms with E-state index in [-0.39, 0.29) is 5.91 Å². The van der Waals surface area contributed by atoms with Crippen LogP contribution in [-0.4, -0.2) is 32.9 Å². The zero-order chi connectivity index (χ0) is 24.5. The van der Waals surface area contributed by atoms with E-state index in [1.807, 2.05) is 37.3 Å². The third kappa shape index (κ3) is 6.77. The van der Waals surface area contributed by atoms with E-state index in [0.717, 1.165) is 14.7 Å². The number of carbonyl (C=O) groups is 1. The average molecular weight is 595 g/mol. The third-order valence-electron chi connectivity index (χ3n) is 4.65. The van der Waals surface area contributed by atoms with E-state index >= 15 is 0 Å². The van der Waals surface area contributed by atoms with Crippen LogP contribution in [0.3, 0.4) is 0 Å². The molecule has 7 nitrogen and oxygen atoms in total. The molecule has 3 aromatic rings. The Balaban J connectivity index is 1.68. The number of hydrazone groups is 1. The van der Waals surface area contributed by atoms with E-state index in [4.69, 9.17) is 30.5 Å². The van der Waals surface area contributed by atoms with Gasteiger partial charge in [0.1, 0.15) is 6.61 Å². The molecule has 34 heavy (non-hydrogen) atoms. The van der Waals surface area contributed by atoms with Crippen molar-refractivity contribution in [2.45, 2.75) is 13.5 Å². The summed E-state index contributed by atoms with van der Waals surface area (Å²) in [5, 5.41) is 4.75. The van der Waals surface area contributed by atoms with E-state index in [2.05, 4.69) is 33.1 Å². The molecule has 0 aliphatic carbocycles. The fourth-order valence-corrected chi connectivity index (χ4v) is 3.91. The Bertz CT molecular complexity index is 1170. The fourth-order valence-electron chi connectivity index (χ4n) is 3.01. The highest BCUT2D eigenvalue weighted by atomic mass is 127. The van der Waals surface area contributed by atoms with Crippen LogP contribution in [-0.2, 0) is 6.61 Å². The number of methoxy groups -OCH3 is 2. The van der Waals surface area contributed by atoms with Crippen molar-refractivity contribution in [3.8, 4) is 23.0 Å². The second-order valence-corrected chi connectivity index (χ2v) is 8.55. The Labute approximate surface area is 217 Å². The average Bonchev–Trinajstić information content (AvgIpc) is 2.84. The minimum atomic E-state index is -0.371. The monoisotopic (exact) mass is 594 g/mol. The fraction of sp³-hybridized carbons (Fsp3) is 0.200. The number of carbonyl (C=O) groups excluding carboxylic acids is 1. The van der Waals surface area contributed by atoms with Crippen molar-refractivity contribution in [3.05, 3.63) is 79.9 Å². The van der Waals surface area contributed by atoms with Crippen LogP contribution < -0.4 is 24.4 Å². The van der Waals surface area contributed by atoms with Crippen LogP contribution >= 0.6 is 34.2 Å². The van der Waals surface area contributed by atoms with Crippen LogP contribution in [0.5, 0.6) is 23.0 Å². The molecule has 3 rings (SSSR count). The maximum absolute atomic E-state index is 12.5. The van der Waals surface area contributed by atoms with Gasteiger partial charge in [0.05, 0.1) is 30.6 Å². The topological polar surface area (TPSA) is 78.4 Å². The molecule has 178 valence electrons. The van der Waals surface area contributed by atoms with Gasteiger partial charge in [0, 0.05) is 10.6 Å². The van der Waals surface area contributed by atoms with Crippen molar-refractivity contribution >= 4 is 46.3 Å². The van der Waals surface area contributed by atoms with Crippen LogP contribution in [0, 0.1) is 3.57 Å². The quantitative estimate of drug-likeness (QED) is 0.185. The van der Waals surface area contributed by atoms with Gasteiger partial charge in [-0.3, -0.25) is 4.79 Å². The van der Waals surface area contributed by atoms with Crippen LogP contribution in [0.15, 0.2) is 59.7 Å². The molecule has 0 bridgehead atoms. The van der Waals surface area contributed by atoms with Crippen molar-refractivity contribution in [1.29, 1.82) is 0 Å². The Morgan fingerprint density at radius 1 is 1.00 bits per heavy atom. The van der Waals surface area contributed by atoms with Crippen molar-refractivity contribution in [1.82, 2.24) is 5.43 Å². The Hall–Kier alpha value is -2.98. The lowest BCUT2D eigenvalue weighted by Crippen LogP contribution is -2.17.